The summed E-state index contributed by atoms with van der Waals surface area (Å²) < 4.78 is 13.2. The number of guanidine groups is 1. The van der Waals surface area contributed by atoms with Gasteiger partial charge < -0.3 is 20.1 Å². The van der Waals surface area contributed by atoms with Crippen molar-refractivity contribution in [1.82, 2.24) is 20.4 Å². The van der Waals surface area contributed by atoms with Crippen molar-refractivity contribution >= 4 is 5.96 Å². The van der Waals surface area contributed by atoms with Gasteiger partial charge in [-0.1, -0.05) is 36.4 Å². The second-order valence-corrected chi connectivity index (χ2v) is 7.46. The Balaban J connectivity index is 1.53. The fourth-order valence-corrected chi connectivity index (χ4v) is 3.30. The fraction of sp³-hybridized carbons (Fsp3) is 0.360. The fourth-order valence-electron chi connectivity index (χ4n) is 3.30. The number of benzene rings is 2. The van der Waals surface area contributed by atoms with Gasteiger partial charge in [-0.15, -0.1) is 0 Å². The molecule has 0 aliphatic heterocycles. The maximum Gasteiger partial charge on any atom is 0.191 e. The molecule has 1 aromatic heterocycles. The van der Waals surface area contributed by atoms with Crippen molar-refractivity contribution in [3.05, 3.63) is 83.2 Å². The molecule has 32 heavy (non-hydrogen) atoms. The van der Waals surface area contributed by atoms with Crippen LogP contribution < -0.4 is 15.4 Å². The third-order valence-electron chi connectivity index (χ3n) is 4.94. The molecule has 0 unspecified atom stereocenters. The molecule has 0 saturated heterocycles. The van der Waals surface area contributed by atoms with Crippen LogP contribution in [0, 0.1) is 6.92 Å². The monoisotopic (exact) mass is 435 g/mol. The predicted molar refractivity (Wildman–Crippen MR) is 128 cm³/mol. The van der Waals surface area contributed by atoms with Crippen molar-refractivity contribution < 1.29 is 9.47 Å². The number of aliphatic imine (C=N–C) groups is 1. The maximum atomic E-state index is 5.94. The molecule has 0 bridgehead atoms. The Labute approximate surface area is 190 Å². The number of nitrogens with zero attached hydrogens (tertiary/aromatic N) is 3. The van der Waals surface area contributed by atoms with Crippen LogP contribution in [0.3, 0.4) is 0 Å². The Hall–Kier alpha value is -3.32. The molecule has 0 fully saturated rings. The Morgan fingerprint density at radius 2 is 1.88 bits per heavy atom. The van der Waals surface area contributed by atoms with Crippen LogP contribution in [-0.4, -0.2) is 42.6 Å². The number of hydrogen-bond acceptors (Lipinski definition) is 4. The lowest BCUT2D eigenvalue weighted by Gasteiger charge is -2.16. The summed E-state index contributed by atoms with van der Waals surface area (Å²) >= 11 is 0. The maximum absolute atomic E-state index is 5.94. The van der Waals surface area contributed by atoms with Gasteiger partial charge in [0.1, 0.15) is 12.4 Å². The van der Waals surface area contributed by atoms with Crippen LogP contribution in [0.15, 0.2) is 65.9 Å². The zero-order valence-electron chi connectivity index (χ0n) is 19.2. The molecule has 0 atom stereocenters. The molecule has 0 saturated carbocycles. The molecule has 0 aliphatic rings. The Morgan fingerprint density at radius 1 is 1.03 bits per heavy atom. The third-order valence-corrected chi connectivity index (χ3v) is 4.94. The number of hydrogen-bond donors (Lipinski definition) is 2. The van der Waals surface area contributed by atoms with Gasteiger partial charge in [0, 0.05) is 44.7 Å². The summed E-state index contributed by atoms with van der Waals surface area (Å²) in [5.41, 5.74) is 4.64. The lowest BCUT2D eigenvalue weighted by Crippen LogP contribution is -2.36. The standard InChI is InChI=1S/C25H33N5O2/c1-4-31-13-14-32-24-15-20(2)9-10-23(24)18-28-25(26-3)27-17-21-7-5-8-22(16-21)19-30-12-6-11-29-30/h5-12,15-16H,4,13-14,17-19H2,1-3H3,(H2,26,27,28). The van der Waals surface area contributed by atoms with E-state index in [1.807, 2.05) is 23.9 Å². The van der Waals surface area contributed by atoms with Gasteiger partial charge in [0.05, 0.1) is 13.2 Å². The van der Waals surface area contributed by atoms with Crippen LogP contribution in [0.1, 0.15) is 29.2 Å². The molecular formula is C25H33N5O2. The summed E-state index contributed by atoms with van der Waals surface area (Å²) in [7, 11) is 1.78. The summed E-state index contributed by atoms with van der Waals surface area (Å²) in [4.78, 5) is 4.35. The molecule has 170 valence electrons. The molecule has 0 aliphatic carbocycles. The van der Waals surface area contributed by atoms with Crippen LogP contribution in [-0.2, 0) is 24.4 Å². The summed E-state index contributed by atoms with van der Waals surface area (Å²) in [6.45, 7) is 7.91. The number of ether oxygens (including phenoxy) is 2. The lowest BCUT2D eigenvalue weighted by molar-refractivity contribution is 0.110. The molecule has 0 radical (unpaired) electrons. The minimum atomic E-state index is 0.534. The largest absolute Gasteiger partial charge is 0.491 e. The van der Waals surface area contributed by atoms with E-state index in [0.29, 0.717) is 32.9 Å². The van der Waals surface area contributed by atoms with Gasteiger partial charge in [0.15, 0.2) is 5.96 Å². The molecule has 0 amide bonds. The predicted octanol–water partition coefficient (Wildman–Crippen LogP) is 3.52. The molecule has 2 N–H and O–H groups in total. The third kappa shape index (κ3) is 7.42. The Kier molecular flexibility index (Phi) is 9.13. The molecule has 3 rings (SSSR count). The summed E-state index contributed by atoms with van der Waals surface area (Å²) in [5, 5.41) is 11.0. The molecule has 2 aromatic carbocycles. The van der Waals surface area contributed by atoms with E-state index in [-0.39, 0.29) is 0 Å². The van der Waals surface area contributed by atoms with Gasteiger partial charge in [-0.05, 0) is 42.7 Å². The van der Waals surface area contributed by atoms with Crippen molar-refractivity contribution in [2.45, 2.75) is 33.5 Å². The molecular weight excluding hydrogens is 402 g/mol. The topological polar surface area (TPSA) is 72.7 Å². The molecule has 1 heterocycles. The van der Waals surface area contributed by atoms with E-state index in [1.54, 1.807) is 13.2 Å². The van der Waals surface area contributed by atoms with Crippen molar-refractivity contribution in [2.24, 2.45) is 4.99 Å². The van der Waals surface area contributed by atoms with E-state index in [2.05, 4.69) is 70.1 Å². The van der Waals surface area contributed by atoms with Gasteiger partial charge >= 0.3 is 0 Å². The highest BCUT2D eigenvalue weighted by atomic mass is 16.5. The van der Waals surface area contributed by atoms with Crippen LogP contribution in [0.5, 0.6) is 5.75 Å². The highest BCUT2D eigenvalue weighted by molar-refractivity contribution is 5.79. The van der Waals surface area contributed by atoms with Crippen LogP contribution in [0.25, 0.3) is 0 Å². The van der Waals surface area contributed by atoms with Crippen molar-refractivity contribution in [2.75, 3.05) is 26.9 Å². The quantitative estimate of drug-likeness (QED) is 0.274. The number of aryl methyl sites for hydroxylation is 1. The number of aromatic nitrogens is 2. The van der Waals surface area contributed by atoms with Crippen molar-refractivity contribution in [3.8, 4) is 5.75 Å². The van der Waals surface area contributed by atoms with Gasteiger partial charge in [0.25, 0.3) is 0 Å². The second-order valence-electron chi connectivity index (χ2n) is 7.46. The SMILES string of the molecule is CCOCCOc1cc(C)ccc1CNC(=NC)NCc1cccc(Cn2cccn2)c1. The highest BCUT2D eigenvalue weighted by Crippen LogP contribution is 2.20. The van der Waals surface area contributed by atoms with E-state index < -0.39 is 0 Å². The molecule has 7 heteroatoms. The summed E-state index contributed by atoms with van der Waals surface area (Å²) in [6.07, 6.45) is 3.77. The first-order valence-electron chi connectivity index (χ1n) is 11.0. The Bertz CT molecular complexity index is 986. The smallest absolute Gasteiger partial charge is 0.191 e. The van der Waals surface area contributed by atoms with E-state index in [9.17, 15) is 0 Å². The minimum Gasteiger partial charge on any atom is -0.491 e. The van der Waals surface area contributed by atoms with Gasteiger partial charge in [-0.2, -0.15) is 5.10 Å². The van der Waals surface area contributed by atoms with Crippen molar-refractivity contribution in [3.63, 3.8) is 0 Å². The summed E-state index contributed by atoms with van der Waals surface area (Å²) in [5.74, 6) is 1.61. The second kappa shape index (κ2) is 12.5. The molecule has 0 spiro atoms. The van der Waals surface area contributed by atoms with Crippen LogP contribution >= 0.6 is 0 Å². The Morgan fingerprint density at radius 3 is 2.66 bits per heavy atom. The average molecular weight is 436 g/mol. The zero-order valence-corrected chi connectivity index (χ0v) is 19.2. The van der Waals surface area contributed by atoms with Gasteiger partial charge in [-0.3, -0.25) is 9.67 Å². The molecule has 7 nitrogen and oxygen atoms in total. The normalized spacial score (nSPS) is 11.4. The van der Waals surface area contributed by atoms with Gasteiger partial charge in [-0.25, -0.2) is 0 Å². The number of rotatable bonds is 11. The first kappa shape index (κ1) is 23.3. The van der Waals surface area contributed by atoms with E-state index in [4.69, 9.17) is 9.47 Å². The van der Waals surface area contributed by atoms with Crippen molar-refractivity contribution in [1.29, 1.82) is 0 Å². The first-order valence-corrected chi connectivity index (χ1v) is 11.0. The van der Waals surface area contributed by atoms with Crippen LogP contribution in [0.2, 0.25) is 0 Å². The first-order chi connectivity index (χ1) is 15.7. The minimum absolute atomic E-state index is 0.534. The van der Waals surface area contributed by atoms with Gasteiger partial charge in [0.2, 0.25) is 0 Å². The number of nitrogens with one attached hydrogen (secondary N) is 2. The summed E-state index contributed by atoms with van der Waals surface area (Å²) in [6, 6.07) is 16.7. The lowest BCUT2D eigenvalue weighted by atomic mass is 10.1. The zero-order chi connectivity index (χ0) is 22.6. The van der Waals surface area contributed by atoms with E-state index in [0.717, 1.165) is 29.4 Å². The average Bonchev–Trinajstić information content (AvgIpc) is 3.31. The van der Waals surface area contributed by atoms with E-state index in [1.165, 1.54) is 11.1 Å². The van der Waals surface area contributed by atoms with E-state index >= 15 is 0 Å². The van der Waals surface area contributed by atoms with Crippen LogP contribution in [0.4, 0.5) is 0 Å². The highest BCUT2D eigenvalue weighted by Gasteiger charge is 2.07. The molecule has 3 aromatic rings.